The number of alkyl halides is 3. The Balaban J connectivity index is 2.07. The fraction of sp³-hybridized carbons (Fsp3) is 0.385. The molecule has 2 rings (SSSR count). The molecule has 1 aliphatic heterocycles. The molecular weight excluding hydrogens is 301 g/mol. The predicted octanol–water partition coefficient (Wildman–Crippen LogP) is 3.30. The minimum atomic E-state index is -4.49. The van der Waals surface area contributed by atoms with E-state index in [4.69, 9.17) is 5.53 Å². The third-order valence-electron chi connectivity index (χ3n) is 3.25. The summed E-state index contributed by atoms with van der Waals surface area (Å²) in [5, 5.41) is 3.08. The molecule has 1 aromatic rings. The Morgan fingerprint density at radius 3 is 2.18 bits per heavy atom. The fourth-order valence-electron chi connectivity index (χ4n) is 2.26. The molecule has 6 nitrogen and oxygen atoms in total. The van der Waals surface area contributed by atoms with Crippen LogP contribution < -0.4 is 0 Å². The number of nitrogens with zero attached hydrogens (tertiary/aromatic N) is 4. The van der Waals surface area contributed by atoms with E-state index < -0.39 is 30.5 Å². The first-order valence-electron chi connectivity index (χ1n) is 6.39. The highest BCUT2D eigenvalue weighted by Gasteiger charge is 2.36. The molecule has 0 aliphatic carbocycles. The number of rotatable bonds is 5. The maximum absolute atomic E-state index is 12.4. The lowest BCUT2D eigenvalue weighted by Gasteiger charge is -2.18. The summed E-state index contributed by atoms with van der Waals surface area (Å²) in [6.07, 6.45) is -6.02. The summed E-state index contributed by atoms with van der Waals surface area (Å²) in [6, 6.07) is 4.81. The van der Waals surface area contributed by atoms with Gasteiger partial charge < -0.3 is 0 Å². The number of benzene rings is 1. The van der Waals surface area contributed by atoms with Crippen molar-refractivity contribution in [1.82, 2.24) is 4.90 Å². The van der Waals surface area contributed by atoms with E-state index in [-0.39, 0.29) is 24.1 Å². The third kappa shape index (κ3) is 3.37. The van der Waals surface area contributed by atoms with Gasteiger partial charge in [0.1, 0.15) is 0 Å². The second-order valence-corrected chi connectivity index (χ2v) is 4.77. The average Bonchev–Trinajstić information content (AvgIpc) is 2.68. The van der Waals surface area contributed by atoms with Crippen LogP contribution in [0.25, 0.3) is 10.4 Å². The monoisotopic (exact) mass is 312 g/mol. The lowest BCUT2D eigenvalue weighted by atomic mass is 10.1. The van der Waals surface area contributed by atoms with Crippen molar-refractivity contribution >= 4 is 11.8 Å². The van der Waals surface area contributed by atoms with Crippen LogP contribution in [0.2, 0.25) is 0 Å². The van der Waals surface area contributed by atoms with E-state index in [2.05, 4.69) is 10.0 Å². The number of fused-ring (bicyclic) bond motifs is 1. The normalized spacial score (nSPS) is 15.5. The van der Waals surface area contributed by atoms with Crippen LogP contribution in [0.15, 0.2) is 29.4 Å². The maximum atomic E-state index is 12.4. The molecule has 2 amide bonds. The van der Waals surface area contributed by atoms with Crippen molar-refractivity contribution in [3.05, 3.63) is 45.8 Å². The van der Waals surface area contributed by atoms with Crippen molar-refractivity contribution in [3.8, 4) is 0 Å². The minimum absolute atomic E-state index is 0.226. The van der Waals surface area contributed by atoms with Crippen molar-refractivity contribution in [2.75, 3.05) is 6.54 Å². The highest BCUT2D eigenvalue weighted by atomic mass is 19.4. The number of hydrogen-bond acceptors (Lipinski definition) is 3. The number of amides is 2. The molecule has 0 radical (unpaired) electrons. The molecule has 0 saturated carbocycles. The predicted molar refractivity (Wildman–Crippen MR) is 70.0 cm³/mol. The summed E-state index contributed by atoms with van der Waals surface area (Å²) in [4.78, 5) is 27.3. The number of hydrogen-bond donors (Lipinski definition) is 0. The standard InChI is InChI=1S/C13H11F3N4O2/c14-13(15,16)7-8(18-19-17)5-6-20-11(21)9-3-1-2-4-10(9)12(20)22/h1-4,8H,5-7H2. The van der Waals surface area contributed by atoms with E-state index in [1.165, 1.54) is 12.1 Å². The van der Waals surface area contributed by atoms with E-state index >= 15 is 0 Å². The Kier molecular flexibility index (Phi) is 4.37. The Hall–Kier alpha value is -2.54. The van der Waals surface area contributed by atoms with Gasteiger partial charge in [-0.15, -0.1) is 0 Å². The van der Waals surface area contributed by atoms with Crippen LogP contribution >= 0.6 is 0 Å². The molecule has 1 aliphatic rings. The fourth-order valence-corrected chi connectivity index (χ4v) is 2.26. The quantitative estimate of drug-likeness (QED) is 0.361. The molecule has 22 heavy (non-hydrogen) atoms. The first-order valence-corrected chi connectivity index (χ1v) is 6.39. The molecular formula is C13H11F3N4O2. The summed E-state index contributed by atoms with van der Waals surface area (Å²) in [5.74, 6) is -1.10. The van der Waals surface area contributed by atoms with Crippen LogP contribution in [0.5, 0.6) is 0 Å². The van der Waals surface area contributed by atoms with Gasteiger partial charge >= 0.3 is 6.18 Å². The lowest BCUT2D eigenvalue weighted by Crippen LogP contribution is -2.33. The summed E-state index contributed by atoms with van der Waals surface area (Å²) < 4.78 is 37.1. The van der Waals surface area contributed by atoms with Crippen LogP contribution in [-0.2, 0) is 0 Å². The molecule has 1 heterocycles. The first kappa shape index (κ1) is 15.8. The highest BCUT2D eigenvalue weighted by molar-refractivity contribution is 6.21. The van der Waals surface area contributed by atoms with Crippen LogP contribution in [0.4, 0.5) is 13.2 Å². The minimum Gasteiger partial charge on any atom is -0.274 e. The van der Waals surface area contributed by atoms with Gasteiger partial charge in [-0.1, -0.05) is 17.2 Å². The Bertz CT molecular complexity index is 618. The molecule has 116 valence electrons. The average molecular weight is 312 g/mol. The zero-order valence-corrected chi connectivity index (χ0v) is 11.2. The van der Waals surface area contributed by atoms with Crippen LogP contribution in [0.1, 0.15) is 33.6 Å². The summed E-state index contributed by atoms with van der Waals surface area (Å²) in [5.41, 5.74) is 8.77. The summed E-state index contributed by atoms with van der Waals surface area (Å²) >= 11 is 0. The lowest BCUT2D eigenvalue weighted by molar-refractivity contribution is -0.138. The molecule has 0 bridgehead atoms. The van der Waals surface area contributed by atoms with E-state index in [0.717, 1.165) is 4.90 Å². The van der Waals surface area contributed by atoms with Gasteiger partial charge in [-0.2, -0.15) is 13.2 Å². The van der Waals surface area contributed by atoms with E-state index in [1.807, 2.05) is 0 Å². The molecule has 1 aromatic carbocycles. The van der Waals surface area contributed by atoms with Gasteiger partial charge in [0, 0.05) is 17.5 Å². The number of azide groups is 1. The second kappa shape index (κ2) is 6.07. The van der Waals surface area contributed by atoms with Gasteiger partial charge in [-0.25, -0.2) is 0 Å². The first-order chi connectivity index (χ1) is 10.3. The number of imide groups is 1. The molecule has 0 spiro atoms. The van der Waals surface area contributed by atoms with E-state index in [0.29, 0.717) is 0 Å². The van der Waals surface area contributed by atoms with Crippen molar-refractivity contribution in [2.45, 2.75) is 25.1 Å². The van der Waals surface area contributed by atoms with E-state index in [1.54, 1.807) is 12.1 Å². The van der Waals surface area contributed by atoms with Crippen LogP contribution in [0.3, 0.4) is 0 Å². The van der Waals surface area contributed by atoms with Crippen LogP contribution in [0, 0.1) is 0 Å². The third-order valence-corrected chi connectivity index (χ3v) is 3.25. The van der Waals surface area contributed by atoms with Gasteiger partial charge in [0.05, 0.1) is 17.5 Å². The van der Waals surface area contributed by atoms with Gasteiger partial charge in [-0.05, 0) is 24.1 Å². The van der Waals surface area contributed by atoms with Crippen molar-refractivity contribution in [3.63, 3.8) is 0 Å². The highest BCUT2D eigenvalue weighted by Crippen LogP contribution is 2.27. The Morgan fingerprint density at radius 1 is 1.18 bits per heavy atom. The molecule has 0 fully saturated rings. The Labute approximate surface area is 123 Å². The SMILES string of the molecule is [N-]=[N+]=NC(CCN1C(=O)c2ccccc2C1=O)CC(F)(F)F. The second-order valence-electron chi connectivity index (χ2n) is 4.77. The van der Waals surface area contributed by atoms with Crippen molar-refractivity contribution in [2.24, 2.45) is 5.11 Å². The molecule has 9 heteroatoms. The number of carbonyl (C=O) groups is 2. The largest absolute Gasteiger partial charge is 0.389 e. The smallest absolute Gasteiger partial charge is 0.274 e. The zero-order valence-electron chi connectivity index (χ0n) is 11.2. The van der Waals surface area contributed by atoms with E-state index in [9.17, 15) is 22.8 Å². The maximum Gasteiger partial charge on any atom is 0.389 e. The van der Waals surface area contributed by atoms with Gasteiger partial charge in [-0.3, -0.25) is 14.5 Å². The van der Waals surface area contributed by atoms with Crippen molar-refractivity contribution in [1.29, 1.82) is 0 Å². The number of halogens is 3. The zero-order chi connectivity index (χ0) is 16.3. The molecule has 0 saturated heterocycles. The molecule has 1 unspecified atom stereocenters. The topological polar surface area (TPSA) is 86.1 Å². The molecule has 0 N–H and O–H groups in total. The van der Waals surface area contributed by atoms with Gasteiger partial charge in [0.25, 0.3) is 11.8 Å². The summed E-state index contributed by atoms with van der Waals surface area (Å²) in [6.45, 7) is -0.230. The Morgan fingerprint density at radius 2 is 1.73 bits per heavy atom. The number of carbonyl (C=O) groups excluding carboxylic acids is 2. The van der Waals surface area contributed by atoms with Gasteiger partial charge in [0.15, 0.2) is 0 Å². The van der Waals surface area contributed by atoms with Gasteiger partial charge in [0.2, 0.25) is 0 Å². The van der Waals surface area contributed by atoms with Crippen molar-refractivity contribution < 1.29 is 22.8 Å². The molecule has 1 atom stereocenters. The molecule has 0 aromatic heterocycles. The summed E-state index contributed by atoms with van der Waals surface area (Å²) in [7, 11) is 0. The van der Waals surface area contributed by atoms with Crippen LogP contribution in [-0.4, -0.2) is 35.5 Å².